The van der Waals surface area contributed by atoms with Crippen LogP contribution in [0.5, 0.6) is 5.75 Å². The van der Waals surface area contributed by atoms with Crippen LogP contribution in [0, 0.1) is 11.2 Å². The van der Waals surface area contributed by atoms with E-state index >= 15 is 0 Å². The fraction of sp³-hybridized carbons (Fsp3) is 0.360. The van der Waals surface area contributed by atoms with Crippen molar-refractivity contribution in [2.75, 3.05) is 19.7 Å². The second-order valence-corrected chi connectivity index (χ2v) is 8.69. The van der Waals surface area contributed by atoms with Crippen molar-refractivity contribution in [1.29, 1.82) is 0 Å². The highest BCUT2D eigenvalue weighted by molar-refractivity contribution is 5.83. The average Bonchev–Trinajstić information content (AvgIpc) is 2.74. The van der Waals surface area contributed by atoms with Gasteiger partial charge in [-0.2, -0.15) is 0 Å². The molecule has 1 aliphatic rings. The molecule has 0 saturated heterocycles. The van der Waals surface area contributed by atoms with Gasteiger partial charge in [0, 0.05) is 18.5 Å². The monoisotopic (exact) mass is 424 g/mol. The first-order valence-corrected chi connectivity index (χ1v) is 10.4. The number of halogens is 1. The molecular weight excluding hydrogens is 395 g/mol. The van der Waals surface area contributed by atoms with Crippen LogP contribution in [0.4, 0.5) is 4.39 Å². The molecule has 1 aliphatic heterocycles. The van der Waals surface area contributed by atoms with Gasteiger partial charge in [-0.05, 0) is 47.4 Å². The lowest BCUT2D eigenvalue weighted by Gasteiger charge is -2.41. The van der Waals surface area contributed by atoms with E-state index in [1.165, 1.54) is 12.1 Å². The third-order valence-electron chi connectivity index (χ3n) is 5.25. The van der Waals surface area contributed by atoms with Gasteiger partial charge in [-0.1, -0.05) is 45.0 Å². The van der Waals surface area contributed by atoms with Gasteiger partial charge in [0.05, 0.1) is 6.04 Å². The number of amides is 2. The number of nitrogens with one attached hydrogen (secondary N) is 1. The quantitative estimate of drug-likeness (QED) is 0.713. The first-order valence-electron chi connectivity index (χ1n) is 10.4. The zero-order chi connectivity index (χ0) is 22.6. The Balaban J connectivity index is 1.95. The second-order valence-electron chi connectivity index (χ2n) is 8.69. The Hall–Kier alpha value is -3.15. The van der Waals surface area contributed by atoms with E-state index in [0.29, 0.717) is 18.8 Å². The summed E-state index contributed by atoms with van der Waals surface area (Å²) >= 11 is 0. The van der Waals surface area contributed by atoms with Crippen molar-refractivity contribution in [1.82, 2.24) is 10.2 Å². The Morgan fingerprint density at radius 2 is 1.94 bits per heavy atom. The molecule has 1 N–H and O–H groups in total. The smallest absolute Gasteiger partial charge is 0.258 e. The number of carbonyl (C=O) groups is 2. The van der Waals surface area contributed by atoms with Crippen LogP contribution in [0.15, 0.2) is 55.1 Å². The van der Waals surface area contributed by atoms with Crippen LogP contribution in [0.2, 0.25) is 0 Å². The Morgan fingerprint density at radius 1 is 1.23 bits per heavy atom. The molecule has 1 heterocycles. The molecule has 0 aliphatic carbocycles. The molecule has 1 unspecified atom stereocenters. The molecule has 0 bridgehead atoms. The van der Waals surface area contributed by atoms with Crippen LogP contribution < -0.4 is 10.1 Å². The van der Waals surface area contributed by atoms with Crippen molar-refractivity contribution in [3.63, 3.8) is 0 Å². The first-order chi connectivity index (χ1) is 14.7. The number of nitrogens with zero attached hydrogens (tertiary/aromatic N) is 1. The largest absolute Gasteiger partial charge is 0.484 e. The number of ether oxygens (including phenoxy) is 1. The van der Waals surface area contributed by atoms with Crippen molar-refractivity contribution in [2.24, 2.45) is 5.41 Å². The molecule has 2 aromatic carbocycles. The first kappa shape index (κ1) is 22.5. The highest BCUT2D eigenvalue weighted by Gasteiger charge is 2.37. The molecule has 2 amide bonds. The fourth-order valence-electron chi connectivity index (χ4n) is 3.72. The van der Waals surface area contributed by atoms with Crippen LogP contribution in [0.3, 0.4) is 0 Å². The summed E-state index contributed by atoms with van der Waals surface area (Å²) in [5.74, 6) is 0.0145. The summed E-state index contributed by atoms with van der Waals surface area (Å²) in [5.41, 5.74) is 2.32. The minimum absolute atomic E-state index is 0.0302. The van der Waals surface area contributed by atoms with Gasteiger partial charge in [0.25, 0.3) is 5.91 Å². The number of hydrogen-bond donors (Lipinski definition) is 1. The normalized spacial score (nSPS) is 15.7. The molecule has 1 atom stereocenters. The average molecular weight is 425 g/mol. The van der Waals surface area contributed by atoms with E-state index in [-0.39, 0.29) is 30.3 Å². The summed E-state index contributed by atoms with van der Waals surface area (Å²) in [6.07, 6.45) is 2.32. The van der Waals surface area contributed by atoms with Gasteiger partial charge in [-0.15, -0.1) is 6.58 Å². The van der Waals surface area contributed by atoms with Crippen LogP contribution >= 0.6 is 0 Å². The second kappa shape index (κ2) is 9.33. The molecule has 5 nitrogen and oxygen atoms in total. The van der Waals surface area contributed by atoms with Gasteiger partial charge in [-0.25, -0.2) is 4.39 Å². The van der Waals surface area contributed by atoms with E-state index < -0.39 is 5.41 Å². The van der Waals surface area contributed by atoms with Crippen molar-refractivity contribution < 1.29 is 18.7 Å². The molecule has 0 saturated carbocycles. The maximum atomic E-state index is 13.6. The van der Waals surface area contributed by atoms with E-state index in [1.807, 2.05) is 43.9 Å². The lowest BCUT2D eigenvalue weighted by molar-refractivity contribution is -0.141. The molecule has 3 rings (SSSR count). The number of hydrogen-bond acceptors (Lipinski definition) is 3. The molecular formula is C25H29FN2O3. The molecule has 31 heavy (non-hydrogen) atoms. The van der Waals surface area contributed by atoms with Gasteiger partial charge < -0.3 is 15.0 Å². The molecule has 0 aromatic heterocycles. The van der Waals surface area contributed by atoms with Crippen LogP contribution in [-0.2, 0) is 16.0 Å². The molecule has 0 spiro atoms. The van der Waals surface area contributed by atoms with Gasteiger partial charge in [0.1, 0.15) is 11.6 Å². The summed E-state index contributed by atoms with van der Waals surface area (Å²) in [5, 5.41) is 2.67. The van der Waals surface area contributed by atoms with Gasteiger partial charge in [-0.3, -0.25) is 9.59 Å². The summed E-state index contributed by atoms with van der Waals surface area (Å²) in [6, 6.07) is 11.6. The predicted octanol–water partition coefficient (Wildman–Crippen LogP) is 4.03. The minimum atomic E-state index is -0.548. The third kappa shape index (κ3) is 5.32. The summed E-state index contributed by atoms with van der Waals surface area (Å²) in [6.45, 7) is 10.1. The number of benzene rings is 2. The zero-order valence-electron chi connectivity index (χ0n) is 18.3. The maximum absolute atomic E-state index is 13.6. The summed E-state index contributed by atoms with van der Waals surface area (Å²) < 4.78 is 19.3. The van der Waals surface area contributed by atoms with E-state index in [9.17, 15) is 14.0 Å². The Labute approximate surface area is 182 Å². The lowest BCUT2D eigenvalue weighted by Crippen LogP contribution is -2.45. The highest BCUT2D eigenvalue weighted by atomic mass is 19.1. The van der Waals surface area contributed by atoms with Crippen LogP contribution in [0.25, 0.3) is 0 Å². The van der Waals surface area contributed by atoms with Crippen molar-refractivity contribution in [3.05, 3.63) is 77.6 Å². The summed E-state index contributed by atoms with van der Waals surface area (Å²) in [7, 11) is 0. The Kier molecular flexibility index (Phi) is 6.78. The highest BCUT2D eigenvalue weighted by Crippen LogP contribution is 2.39. The van der Waals surface area contributed by atoms with Gasteiger partial charge in [0.2, 0.25) is 5.91 Å². The lowest BCUT2D eigenvalue weighted by atomic mass is 9.85. The predicted molar refractivity (Wildman–Crippen MR) is 118 cm³/mol. The van der Waals surface area contributed by atoms with Crippen LogP contribution in [0.1, 0.15) is 43.5 Å². The van der Waals surface area contributed by atoms with Crippen molar-refractivity contribution >= 4 is 11.8 Å². The minimum Gasteiger partial charge on any atom is -0.484 e. The Bertz CT molecular complexity index is 964. The SMILES string of the molecule is C=CCNC(=O)COc1ccc2c(c1)C(c1ccc(F)cc1)N(C(=O)C(C)(C)C)CC2. The molecule has 164 valence electrons. The third-order valence-corrected chi connectivity index (χ3v) is 5.25. The van der Waals surface area contributed by atoms with E-state index in [4.69, 9.17) is 4.74 Å². The number of carbonyl (C=O) groups excluding carboxylic acids is 2. The van der Waals surface area contributed by atoms with Crippen molar-refractivity contribution in [3.8, 4) is 5.75 Å². The standard InChI is InChI=1S/C25H29FN2O3/c1-5-13-27-22(29)16-31-20-11-8-17-12-14-28(24(30)25(2,3)4)23(21(17)15-20)18-6-9-19(26)10-7-18/h5-11,15,23H,1,12-14,16H2,2-4H3,(H,27,29). The van der Waals surface area contributed by atoms with E-state index in [1.54, 1.807) is 18.2 Å². The van der Waals surface area contributed by atoms with Gasteiger partial charge in [0.15, 0.2) is 6.61 Å². The summed E-state index contributed by atoms with van der Waals surface area (Å²) in [4.78, 5) is 27.0. The number of fused-ring (bicyclic) bond motifs is 1. The molecule has 0 radical (unpaired) electrons. The Morgan fingerprint density at radius 3 is 2.58 bits per heavy atom. The zero-order valence-corrected chi connectivity index (χ0v) is 18.3. The maximum Gasteiger partial charge on any atom is 0.258 e. The van der Waals surface area contributed by atoms with Crippen molar-refractivity contribution in [2.45, 2.75) is 33.2 Å². The molecule has 2 aromatic rings. The van der Waals surface area contributed by atoms with E-state index in [2.05, 4.69) is 11.9 Å². The fourth-order valence-corrected chi connectivity index (χ4v) is 3.72. The molecule has 6 heteroatoms. The topological polar surface area (TPSA) is 58.6 Å². The molecule has 0 fully saturated rings. The van der Waals surface area contributed by atoms with E-state index in [0.717, 1.165) is 23.1 Å². The number of rotatable bonds is 6. The van der Waals surface area contributed by atoms with Gasteiger partial charge >= 0.3 is 0 Å². The van der Waals surface area contributed by atoms with Crippen LogP contribution in [-0.4, -0.2) is 36.4 Å².